The van der Waals surface area contributed by atoms with Crippen LogP contribution in [0.1, 0.15) is 63.4 Å². The molecule has 4 nitrogen and oxygen atoms in total. The molecule has 3 aromatic rings. The molecular formula is C26H35N3O. The van der Waals surface area contributed by atoms with Gasteiger partial charge in [0.25, 0.3) is 0 Å². The molecule has 30 heavy (non-hydrogen) atoms. The van der Waals surface area contributed by atoms with Crippen LogP contribution in [0.3, 0.4) is 0 Å². The fourth-order valence-corrected chi connectivity index (χ4v) is 4.53. The molecule has 0 spiro atoms. The van der Waals surface area contributed by atoms with Crippen molar-refractivity contribution >= 4 is 11.0 Å². The summed E-state index contributed by atoms with van der Waals surface area (Å²) in [5.74, 6) is 2.16. The molecule has 1 aromatic heterocycles. The number of ether oxygens (including phenoxy) is 1. The van der Waals surface area contributed by atoms with Crippen molar-refractivity contribution in [1.82, 2.24) is 14.5 Å². The van der Waals surface area contributed by atoms with Crippen molar-refractivity contribution in [2.45, 2.75) is 65.0 Å². The van der Waals surface area contributed by atoms with E-state index in [1.54, 1.807) is 0 Å². The number of nitrogens with zero attached hydrogens (tertiary/aromatic N) is 3. The van der Waals surface area contributed by atoms with E-state index in [2.05, 4.69) is 71.8 Å². The Bertz CT molecular complexity index is 923. The molecular weight excluding hydrogens is 370 g/mol. The Hall–Kier alpha value is -2.33. The van der Waals surface area contributed by atoms with Crippen molar-refractivity contribution in [3.05, 3.63) is 59.9 Å². The van der Waals surface area contributed by atoms with Crippen molar-refractivity contribution in [2.24, 2.45) is 0 Å². The SMILES string of the molecule is CCc1ccc(OCCCn2c(C(C)N3CCCCCC3)nc3ccccc32)cc1. The summed E-state index contributed by atoms with van der Waals surface area (Å²) in [4.78, 5) is 7.68. The van der Waals surface area contributed by atoms with Gasteiger partial charge < -0.3 is 9.30 Å². The standard InChI is InChI=1S/C26H35N3O/c1-3-22-13-15-23(16-14-22)30-20-10-19-29-25-12-7-6-11-24(25)27-26(29)21(2)28-17-8-4-5-9-18-28/h6-7,11-16,21H,3-5,8-10,17-20H2,1-2H3. The second kappa shape index (κ2) is 10.1. The molecule has 2 aromatic carbocycles. The minimum atomic E-state index is 0.345. The number of aryl methyl sites for hydroxylation is 2. The molecule has 1 fully saturated rings. The summed E-state index contributed by atoms with van der Waals surface area (Å²) >= 11 is 0. The number of para-hydroxylation sites is 2. The predicted octanol–water partition coefficient (Wildman–Crippen LogP) is 6.00. The summed E-state index contributed by atoms with van der Waals surface area (Å²) in [6.07, 6.45) is 7.35. The molecule has 0 N–H and O–H groups in total. The van der Waals surface area contributed by atoms with Gasteiger partial charge >= 0.3 is 0 Å². The maximum absolute atomic E-state index is 6.00. The molecule has 0 bridgehead atoms. The first-order valence-corrected chi connectivity index (χ1v) is 11.7. The Balaban J connectivity index is 1.45. The van der Waals surface area contributed by atoms with Crippen LogP contribution in [-0.4, -0.2) is 34.1 Å². The highest BCUT2D eigenvalue weighted by atomic mass is 16.5. The van der Waals surface area contributed by atoms with Crippen LogP contribution >= 0.6 is 0 Å². The van der Waals surface area contributed by atoms with Crippen molar-refractivity contribution in [2.75, 3.05) is 19.7 Å². The maximum atomic E-state index is 6.00. The monoisotopic (exact) mass is 405 g/mol. The fraction of sp³-hybridized carbons (Fsp3) is 0.500. The second-order valence-corrected chi connectivity index (χ2v) is 8.44. The number of rotatable bonds is 8. The minimum absolute atomic E-state index is 0.345. The van der Waals surface area contributed by atoms with Gasteiger partial charge in [0, 0.05) is 6.54 Å². The van der Waals surface area contributed by atoms with E-state index >= 15 is 0 Å². The summed E-state index contributed by atoms with van der Waals surface area (Å²) in [6, 6.07) is 17.4. The molecule has 0 amide bonds. The molecule has 4 rings (SSSR count). The smallest absolute Gasteiger partial charge is 0.127 e. The van der Waals surface area contributed by atoms with E-state index in [0.29, 0.717) is 6.04 Å². The van der Waals surface area contributed by atoms with Gasteiger partial charge in [-0.1, -0.05) is 44.0 Å². The molecule has 0 saturated carbocycles. The average molecular weight is 406 g/mol. The van der Waals surface area contributed by atoms with Gasteiger partial charge in [0.05, 0.1) is 23.7 Å². The Kier molecular flexibility index (Phi) is 7.06. The number of benzene rings is 2. The lowest BCUT2D eigenvalue weighted by Gasteiger charge is -2.27. The first kappa shape index (κ1) is 20.9. The topological polar surface area (TPSA) is 30.3 Å². The van der Waals surface area contributed by atoms with Gasteiger partial charge in [-0.3, -0.25) is 4.90 Å². The number of likely N-dealkylation sites (tertiary alicyclic amines) is 1. The van der Waals surface area contributed by atoms with Crippen LogP contribution in [-0.2, 0) is 13.0 Å². The Labute approximate surface area is 180 Å². The fourth-order valence-electron chi connectivity index (χ4n) is 4.53. The van der Waals surface area contributed by atoms with Crippen molar-refractivity contribution in [3.63, 3.8) is 0 Å². The molecule has 2 heterocycles. The number of aromatic nitrogens is 2. The van der Waals surface area contributed by atoms with Crippen LogP contribution in [0.15, 0.2) is 48.5 Å². The van der Waals surface area contributed by atoms with Gasteiger partial charge in [-0.25, -0.2) is 4.98 Å². The molecule has 0 aliphatic carbocycles. The van der Waals surface area contributed by atoms with Gasteiger partial charge in [0.15, 0.2) is 0 Å². The second-order valence-electron chi connectivity index (χ2n) is 8.44. The molecule has 1 saturated heterocycles. The van der Waals surface area contributed by atoms with Gasteiger partial charge in [-0.05, 0) is 75.5 Å². The van der Waals surface area contributed by atoms with E-state index in [4.69, 9.17) is 9.72 Å². The van der Waals surface area contributed by atoms with Crippen molar-refractivity contribution in [3.8, 4) is 5.75 Å². The van der Waals surface area contributed by atoms with E-state index in [1.165, 1.54) is 55.7 Å². The normalized spacial score (nSPS) is 16.5. The Morgan fingerprint density at radius 3 is 2.43 bits per heavy atom. The van der Waals surface area contributed by atoms with Crippen LogP contribution in [0.2, 0.25) is 0 Å². The first-order valence-electron chi connectivity index (χ1n) is 11.7. The highest BCUT2D eigenvalue weighted by molar-refractivity contribution is 5.76. The van der Waals surface area contributed by atoms with E-state index in [1.807, 2.05) is 0 Å². The third-order valence-corrected chi connectivity index (χ3v) is 6.37. The summed E-state index contributed by atoms with van der Waals surface area (Å²) in [6.45, 7) is 8.52. The minimum Gasteiger partial charge on any atom is -0.494 e. The zero-order chi connectivity index (χ0) is 20.8. The highest BCUT2D eigenvalue weighted by Gasteiger charge is 2.23. The van der Waals surface area contributed by atoms with E-state index < -0.39 is 0 Å². The van der Waals surface area contributed by atoms with E-state index in [-0.39, 0.29) is 0 Å². The van der Waals surface area contributed by atoms with Crippen LogP contribution in [0.5, 0.6) is 5.75 Å². The third kappa shape index (κ3) is 4.86. The molecule has 1 atom stereocenters. The van der Waals surface area contributed by atoms with Crippen LogP contribution < -0.4 is 4.74 Å². The summed E-state index contributed by atoms with van der Waals surface area (Å²) in [7, 11) is 0. The number of hydrogen-bond acceptors (Lipinski definition) is 3. The van der Waals surface area contributed by atoms with Gasteiger partial charge in [-0.15, -0.1) is 0 Å². The zero-order valence-electron chi connectivity index (χ0n) is 18.5. The zero-order valence-corrected chi connectivity index (χ0v) is 18.5. The number of imidazole rings is 1. The maximum Gasteiger partial charge on any atom is 0.127 e. The highest BCUT2D eigenvalue weighted by Crippen LogP contribution is 2.27. The predicted molar refractivity (Wildman–Crippen MR) is 124 cm³/mol. The van der Waals surface area contributed by atoms with Crippen molar-refractivity contribution < 1.29 is 4.74 Å². The van der Waals surface area contributed by atoms with Gasteiger partial charge in [-0.2, -0.15) is 0 Å². The van der Waals surface area contributed by atoms with E-state index in [0.717, 1.165) is 37.3 Å². The van der Waals surface area contributed by atoms with Gasteiger partial charge in [0.2, 0.25) is 0 Å². The van der Waals surface area contributed by atoms with Crippen LogP contribution in [0.25, 0.3) is 11.0 Å². The molecule has 160 valence electrons. The molecule has 1 unspecified atom stereocenters. The molecule has 4 heteroatoms. The molecule has 1 aliphatic rings. The lowest BCUT2D eigenvalue weighted by atomic mass is 10.2. The average Bonchev–Trinajstić information content (AvgIpc) is 2.95. The quantitative estimate of drug-likeness (QED) is 0.430. The third-order valence-electron chi connectivity index (χ3n) is 6.37. The lowest BCUT2D eigenvalue weighted by molar-refractivity contribution is 0.206. The molecule has 1 aliphatic heterocycles. The summed E-state index contributed by atoms with van der Waals surface area (Å²) in [5.41, 5.74) is 3.69. The Morgan fingerprint density at radius 1 is 0.967 bits per heavy atom. The van der Waals surface area contributed by atoms with Crippen molar-refractivity contribution in [1.29, 1.82) is 0 Å². The van der Waals surface area contributed by atoms with E-state index in [9.17, 15) is 0 Å². The first-order chi connectivity index (χ1) is 14.8. The van der Waals surface area contributed by atoms with Crippen LogP contribution in [0.4, 0.5) is 0 Å². The van der Waals surface area contributed by atoms with Gasteiger partial charge in [0.1, 0.15) is 11.6 Å². The summed E-state index contributed by atoms with van der Waals surface area (Å²) < 4.78 is 8.43. The molecule has 0 radical (unpaired) electrons. The van der Waals surface area contributed by atoms with Crippen LogP contribution in [0, 0.1) is 0 Å². The Morgan fingerprint density at radius 2 is 1.70 bits per heavy atom. The lowest BCUT2D eigenvalue weighted by Crippen LogP contribution is -2.30. The summed E-state index contributed by atoms with van der Waals surface area (Å²) in [5, 5.41) is 0. The number of hydrogen-bond donors (Lipinski definition) is 0. The number of fused-ring (bicyclic) bond motifs is 1. The largest absolute Gasteiger partial charge is 0.494 e.